The molecule has 9 heteroatoms. The average molecular weight is 322 g/mol. The van der Waals surface area contributed by atoms with Crippen LogP contribution in [0.2, 0.25) is 0 Å². The zero-order chi connectivity index (χ0) is 16.8. The predicted molar refractivity (Wildman–Crippen MR) is 77.6 cm³/mol. The number of rotatable bonds is 2. The first-order valence-corrected chi connectivity index (χ1v) is 6.37. The molecule has 3 aromatic rings. The largest absolute Gasteiger partial charge is 0.417 e. The molecule has 0 radical (unpaired) electrons. The molecule has 1 heterocycles. The second kappa shape index (κ2) is 4.97. The van der Waals surface area contributed by atoms with E-state index in [0.717, 1.165) is 12.1 Å². The number of fused-ring (bicyclic) bond motifs is 1. The number of halogens is 3. The lowest BCUT2D eigenvalue weighted by atomic mass is 10.1. The van der Waals surface area contributed by atoms with Crippen LogP contribution in [0.15, 0.2) is 36.4 Å². The van der Waals surface area contributed by atoms with Crippen LogP contribution < -0.4 is 5.73 Å². The minimum atomic E-state index is -4.75. The van der Waals surface area contributed by atoms with Crippen molar-refractivity contribution in [2.24, 2.45) is 0 Å². The topological polar surface area (TPSA) is 97.8 Å². The fourth-order valence-corrected chi connectivity index (χ4v) is 2.24. The van der Waals surface area contributed by atoms with Crippen LogP contribution in [0, 0.1) is 10.1 Å². The van der Waals surface area contributed by atoms with Gasteiger partial charge in [0.2, 0.25) is 0 Å². The Labute approximate surface area is 126 Å². The summed E-state index contributed by atoms with van der Waals surface area (Å²) in [5.41, 5.74) is 4.95. The van der Waals surface area contributed by atoms with Crippen LogP contribution in [-0.4, -0.2) is 14.9 Å². The molecule has 6 nitrogen and oxygen atoms in total. The lowest BCUT2D eigenvalue weighted by Gasteiger charge is -2.10. The van der Waals surface area contributed by atoms with E-state index in [1.54, 1.807) is 18.2 Å². The SMILES string of the molecule is Nc1ccc2nc(-c3ccc([N+](=O)[O-])cc3C(F)(F)F)[nH]c2c1. The number of imidazole rings is 1. The predicted octanol–water partition coefficient (Wildman–Crippen LogP) is 3.74. The van der Waals surface area contributed by atoms with E-state index in [9.17, 15) is 23.3 Å². The van der Waals surface area contributed by atoms with E-state index in [0.29, 0.717) is 22.8 Å². The Hall–Kier alpha value is -3.10. The minimum Gasteiger partial charge on any atom is -0.399 e. The van der Waals surface area contributed by atoms with Gasteiger partial charge < -0.3 is 10.7 Å². The van der Waals surface area contributed by atoms with Gasteiger partial charge in [-0.15, -0.1) is 0 Å². The molecule has 0 saturated heterocycles. The molecule has 118 valence electrons. The fraction of sp³-hybridized carbons (Fsp3) is 0.0714. The maximum atomic E-state index is 13.2. The average Bonchev–Trinajstić information content (AvgIpc) is 2.88. The van der Waals surface area contributed by atoms with Gasteiger partial charge in [0, 0.05) is 23.4 Å². The highest BCUT2D eigenvalue weighted by molar-refractivity contribution is 5.83. The summed E-state index contributed by atoms with van der Waals surface area (Å²) < 4.78 is 39.6. The molecule has 0 bridgehead atoms. The van der Waals surface area contributed by atoms with Gasteiger partial charge in [-0.2, -0.15) is 13.2 Å². The summed E-state index contributed by atoms with van der Waals surface area (Å²) in [6.07, 6.45) is -4.75. The summed E-state index contributed by atoms with van der Waals surface area (Å²) >= 11 is 0. The lowest BCUT2D eigenvalue weighted by Crippen LogP contribution is -2.08. The first kappa shape index (κ1) is 14.8. The molecular formula is C14H9F3N4O2. The number of hydrogen-bond donors (Lipinski definition) is 2. The molecule has 0 saturated carbocycles. The number of anilines is 1. The number of nitro groups is 1. The summed E-state index contributed by atoms with van der Waals surface area (Å²) in [6, 6.07) is 7.23. The van der Waals surface area contributed by atoms with Crippen molar-refractivity contribution in [1.82, 2.24) is 9.97 Å². The van der Waals surface area contributed by atoms with E-state index in [1.807, 2.05) is 0 Å². The second-order valence-electron chi connectivity index (χ2n) is 4.85. The van der Waals surface area contributed by atoms with Gasteiger partial charge >= 0.3 is 6.18 Å². The Kier molecular flexibility index (Phi) is 3.20. The molecule has 1 aromatic heterocycles. The summed E-state index contributed by atoms with van der Waals surface area (Å²) in [4.78, 5) is 16.7. The highest BCUT2D eigenvalue weighted by Crippen LogP contribution is 2.38. The number of benzene rings is 2. The molecule has 3 rings (SSSR count). The molecule has 0 aliphatic carbocycles. The van der Waals surface area contributed by atoms with Gasteiger partial charge in [0.05, 0.1) is 21.5 Å². The third-order valence-corrected chi connectivity index (χ3v) is 3.28. The second-order valence-corrected chi connectivity index (χ2v) is 4.85. The van der Waals surface area contributed by atoms with Gasteiger partial charge in [0.15, 0.2) is 0 Å². The van der Waals surface area contributed by atoms with Crippen molar-refractivity contribution < 1.29 is 18.1 Å². The third kappa shape index (κ3) is 2.68. The number of aromatic amines is 1. The first-order chi connectivity index (χ1) is 10.8. The van der Waals surface area contributed by atoms with Crippen LogP contribution in [0.5, 0.6) is 0 Å². The fourth-order valence-electron chi connectivity index (χ4n) is 2.24. The molecule has 0 aliphatic rings. The van der Waals surface area contributed by atoms with Gasteiger partial charge in [0.1, 0.15) is 5.82 Å². The molecule has 0 atom stereocenters. The number of alkyl halides is 3. The molecule has 0 unspecified atom stereocenters. The van der Waals surface area contributed by atoms with Crippen molar-refractivity contribution in [3.05, 3.63) is 52.1 Å². The zero-order valence-electron chi connectivity index (χ0n) is 11.4. The van der Waals surface area contributed by atoms with Crippen molar-refractivity contribution in [3.63, 3.8) is 0 Å². The molecule has 23 heavy (non-hydrogen) atoms. The Morgan fingerprint density at radius 3 is 2.57 bits per heavy atom. The lowest BCUT2D eigenvalue weighted by molar-refractivity contribution is -0.385. The highest BCUT2D eigenvalue weighted by Gasteiger charge is 2.36. The summed E-state index contributed by atoms with van der Waals surface area (Å²) in [5, 5.41) is 10.7. The molecule has 0 spiro atoms. The van der Waals surface area contributed by atoms with Crippen molar-refractivity contribution in [3.8, 4) is 11.4 Å². The van der Waals surface area contributed by atoms with E-state index >= 15 is 0 Å². The van der Waals surface area contributed by atoms with E-state index < -0.39 is 22.4 Å². The number of nitro benzene ring substituents is 1. The van der Waals surface area contributed by atoms with Crippen LogP contribution >= 0.6 is 0 Å². The van der Waals surface area contributed by atoms with Crippen LogP contribution in [0.1, 0.15) is 5.56 Å². The van der Waals surface area contributed by atoms with Crippen molar-refractivity contribution in [2.45, 2.75) is 6.18 Å². The van der Waals surface area contributed by atoms with Gasteiger partial charge in [-0.1, -0.05) is 0 Å². The van der Waals surface area contributed by atoms with E-state index in [1.165, 1.54) is 0 Å². The summed E-state index contributed by atoms with van der Waals surface area (Å²) in [6.45, 7) is 0. The Bertz CT molecular complexity index is 918. The van der Waals surface area contributed by atoms with Crippen LogP contribution in [-0.2, 0) is 6.18 Å². The highest BCUT2D eigenvalue weighted by atomic mass is 19.4. The van der Waals surface area contributed by atoms with Crippen LogP contribution in [0.25, 0.3) is 22.4 Å². The van der Waals surface area contributed by atoms with Gasteiger partial charge in [-0.05, 0) is 24.3 Å². The number of aromatic nitrogens is 2. The minimum absolute atomic E-state index is 0.0344. The number of nitrogens with zero attached hydrogens (tertiary/aromatic N) is 2. The third-order valence-electron chi connectivity index (χ3n) is 3.28. The molecule has 3 N–H and O–H groups in total. The van der Waals surface area contributed by atoms with Gasteiger partial charge in [-0.3, -0.25) is 10.1 Å². The number of nitrogens with two attached hydrogens (primary N) is 1. The smallest absolute Gasteiger partial charge is 0.399 e. The molecule has 2 aromatic carbocycles. The van der Waals surface area contributed by atoms with Crippen molar-refractivity contribution in [1.29, 1.82) is 0 Å². The number of H-pyrrole nitrogens is 1. The number of nitrogens with one attached hydrogen (secondary N) is 1. The normalized spacial score (nSPS) is 11.8. The molecule has 0 amide bonds. The molecular weight excluding hydrogens is 313 g/mol. The zero-order valence-corrected chi connectivity index (χ0v) is 11.4. The molecule has 0 aliphatic heterocycles. The summed E-state index contributed by atoms with van der Waals surface area (Å²) in [5.74, 6) is -0.0344. The number of hydrogen-bond acceptors (Lipinski definition) is 4. The maximum Gasteiger partial charge on any atom is 0.417 e. The van der Waals surface area contributed by atoms with Crippen molar-refractivity contribution in [2.75, 3.05) is 5.73 Å². The van der Waals surface area contributed by atoms with E-state index in [4.69, 9.17) is 5.73 Å². The maximum absolute atomic E-state index is 13.2. The van der Waals surface area contributed by atoms with Gasteiger partial charge in [0.25, 0.3) is 5.69 Å². The van der Waals surface area contributed by atoms with Crippen LogP contribution in [0.4, 0.5) is 24.5 Å². The van der Waals surface area contributed by atoms with E-state index in [-0.39, 0.29) is 11.4 Å². The van der Waals surface area contributed by atoms with Crippen LogP contribution in [0.3, 0.4) is 0 Å². The van der Waals surface area contributed by atoms with E-state index in [2.05, 4.69) is 9.97 Å². The summed E-state index contributed by atoms with van der Waals surface area (Å²) in [7, 11) is 0. The van der Waals surface area contributed by atoms with Crippen molar-refractivity contribution >= 4 is 22.4 Å². The standard InChI is InChI=1S/C14H9F3N4O2/c15-14(16,17)10-6-8(21(22)23)2-3-9(10)13-19-11-4-1-7(18)5-12(11)20-13/h1-6H,18H2,(H,19,20). The molecule has 0 fully saturated rings. The Morgan fingerprint density at radius 1 is 1.17 bits per heavy atom. The quantitative estimate of drug-likeness (QED) is 0.426. The number of nitrogen functional groups attached to an aromatic ring is 1. The Balaban J connectivity index is 2.22. The van der Waals surface area contributed by atoms with Gasteiger partial charge in [-0.25, -0.2) is 4.98 Å². The monoisotopic (exact) mass is 322 g/mol. The Morgan fingerprint density at radius 2 is 1.91 bits per heavy atom. The number of non-ortho nitro benzene ring substituents is 1. The first-order valence-electron chi connectivity index (χ1n) is 6.37.